The molecule has 2 fully saturated rings. The van der Waals surface area contributed by atoms with E-state index in [0.717, 1.165) is 30.6 Å². The Morgan fingerprint density at radius 1 is 1.16 bits per heavy atom. The van der Waals surface area contributed by atoms with Crippen molar-refractivity contribution in [3.05, 3.63) is 35.4 Å². The summed E-state index contributed by atoms with van der Waals surface area (Å²) in [5, 5.41) is 0. The van der Waals surface area contributed by atoms with Gasteiger partial charge in [0, 0.05) is 6.04 Å². The minimum absolute atomic E-state index is 0.408. The van der Waals surface area contributed by atoms with Gasteiger partial charge in [-0.3, -0.25) is 0 Å². The van der Waals surface area contributed by atoms with Crippen LogP contribution in [0.3, 0.4) is 0 Å². The maximum absolute atomic E-state index is 6.36. The summed E-state index contributed by atoms with van der Waals surface area (Å²) < 4.78 is 0. The van der Waals surface area contributed by atoms with Gasteiger partial charge in [0.2, 0.25) is 0 Å². The number of benzene rings is 1. The summed E-state index contributed by atoms with van der Waals surface area (Å²) in [7, 11) is 0. The monoisotopic (exact) mass is 257 g/mol. The molecular weight excluding hydrogens is 230 g/mol. The van der Waals surface area contributed by atoms with Crippen molar-refractivity contribution in [1.82, 2.24) is 0 Å². The third-order valence-electron chi connectivity index (χ3n) is 5.41. The fourth-order valence-electron chi connectivity index (χ4n) is 4.28. The SMILES string of the molecule is Cc1ccc(CCC(N)CC2CC3CCC2C3)cc1. The first kappa shape index (κ1) is 13.2. The second kappa shape index (κ2) is 5.66. The summed E-state index contributed by atoms with van der Waals surface area (Å²) in [5.74, 6) is 3.03. The second-order valence-corrected chi connectivity index (χ2v) is 6.95. The van der Waals surface area contributed by atoms with Gasteiger partial charge < -0.3 is 5.73 Å². The van der Waals surface area contributed by atoms with E-state index in [9.17, 15) is 0 Å². The van der Waals surface area contributed by atoms with Gasteiger partial charge in [-0.25, -0.2) is 0 Å². The molecule has 4 unspecified atom stereocenters. The van der Waals surface area contributed by atoms with Gasteiger partial charge >= 0.3 is 0 Å². The molecule has 0 amide bonds. The molecule has 2 N–H and O–H groups in total. The third kappa shape index (κ3) is 3.20. The van der Waals surface area contributed by atoms with Crippen LogP contribution in [0.2, 0.25) is 0 Å². The summed E-state index contributed by atoms with van der Waals surface area (Å²) in [6.07, 6.45) is 9.53. The predicted octanol–water partition coefficient (Wildman–Crippen LogP) is 4.08. The van der Waals surface area contributed by atoms with Crippen molar-refractivity contribution in [3.63, 3.8) is 0 Å². The van der Waals surface area contributed by atoms with Crippen molar-refractivity contribution in [3.8, 4) is 0 Å². The van der Waals surface area contributed by atoms with Crippen LogP contribution in [0, 0.1) is 24.7 Å². The highest BCUT2D eigenvalue weighted by molar-refractivity contribution is 5.21. The summed E-state index contributed by atoms with van der Waals surface area (Å²) in [5.41, 5.74) is 9.14. The number of rotatable bonds is 5. The summed E-state index contributed by atoms with van der Waals surface area (Å²) in [4.78, 5) is 0. The first-order valence-corrected chi connectivity index (χ1v) is 8.02. The summed E-state index contributed by atoms with van der Waals surface area (Å²) >= 11 is 0. The molecule has 4 atom stereocenters. The van der Waals surface area contributed by atoms with Crippen molar-refractivity contribution >= 4 is 0 Å². The molecule has 0 radical (unpaired) electrons. The molecule has 0 spiro atoms. The number of fused-ring (bicyclic) bond motifs is 2. The lowest BCUT2D eigenvalue weighted by Crippen LogP contribution is -2.26. The zero-order chi connectivity index (χ0) is 13.2. The van der Waals surface area contributed by atoms with E-state index in [1.807, 2.05) is 0 Å². The molecule has 0 saturated heterocycles. The van der Waals surface area contributed by atoms with Crippen molar-refractivity contribution in [1.29, 1.82) is 0 Å². The van der Waals surface area contributed by atoms with Gasteiger partial charge in [0.15, 0.2) is 0 Å². The molecule has 2 bridgehead atoms. The topological polar surface area (TPSA) is 26.0 Å². The third-order valence-corrected chi connectivity index (χ3v) is 5.41. The molecule has 19 heavy (non-hydrogen) atoms. The highest BCUT2D eigenvalue weighted by Crippen LogP contribution is 2.49. The molecule has 1 aromatic carbocycles. The molecule has 2 aliphatic carbocycles. The Bertz CT molecular complexity index is 408. The van der Waals surface area contributed by atoms with Crippen LogP contribution in [0.15, 0.2) is 24.3 Å². The van der Waals surface area contributed by atoms with Crippen LogP contribution in [0.1, 0.15) is 49.7 Å². The van der Waals surface area contributed by atoms with Gasteiger partial charge in [-0.2, -0.15) is 0 Å². The molecule has 0 aliphatic heterocycles. The second-order valence-electron chi connectivity index (χ2n) is 6.95. The number of aryl methyl sites for hydroxylation is 2. The zero-order valence-electron chi connectivity index (χ0n) is 12.1. The van der Waals surface area contributed by atoms with E-state index in [2.05, 4.69) is 31.2 Å². The van der Waals surface area contributed by atoms with Crippen LogP contribution in [0.4, 0.5) is 0 Å². The van der Waals surface area contributed by atoms with Gasteiger partial charge in [-0.15, -0.1) is 0 Å². The molecule has 2 saturated carbocycles. The number of nitrogens with two attached hydrogens (primary N) is 1. The van der Waals surface area contributed by atoms with Crippen LogP contribution in [-0.2, 0) is 6.42 Å². The van der Waals surface area contributed by atoms with Gasteiger partial charge in [0.25, 0.3) is 0 Å². The summed E-state index contributed by atoms with van der Waals surface area (Å²) in [6.45, 7) is 2.14. The Morgan fingerprint density at radius 2 is 1.95 bits per heavy atom. The minimum atomic E-state index is 0.408. The van der Waals surface area contributed by atoms with Crippen LogP contribution in [0.25, 0.3) is 0 Å². The molecule has 1 heteroatoms. The van der Waals surface area contributed by atoms with E-state index in [0.29, 0.717) is 6.04 Å². The van der Waals surface area contributed by atoms with Crippen molar-refractivity contribution in [2.45, 2.75) is 57.9 Å². The van der Waals surface area contributed by atoms with E-state index in [4.69, 9.17) is 5.73 Å². The van der Waals surface area contributed by atoms with E-state index >= 15 is 0 Å². The van der Waals surface area contributed by atoms with Gasteiger partial charge in [0.1, 0.15) is 0 Å². The lowest BCUT2D eigenvalue weighted by molar-refractivity contribution is 0.290. The first-order valence-electron chi connectivity index (χ1n) is 8.02. The van der Waals surface area contributed by atoms with Crippen LogP contribution >= 0.6 is 0 Å². The van der Waals surface area contributed by atoms with Gasteiger partial charge in [-0.1, -0.05) is 36.2 Å². The molecule has 0 aromatic heterocycles. The van der Waals surface area contributed by atoms with E-state index in [-0.39, 0.29) is 0 Å². The quantitative estimate of drug-likeness (QED) is 0.845. The average Bonchev–Trinajstić information content (AvgIpc) is 3.00. The minimum Gasteiger partial charge on any atom is -0.328 e. The maximum atomic E-state index is 6.36. The van der Waals surface area contributed by atoms with E-state index < -0.39 is 0 Å². The van der Waals surface area contributed by atoms with Gasteiger partial charge in [-0.05, 0) is 68.8 Å². The lowest BCUT2D eigenvalue weighted by atomic mass is 9.83. The molecule has 0 heterocycles. The van der Waals surface area contributed by atoms with Crippen LogP contribution in [0.5, 0.6) is 0 Å². The average molecular weight is 257 g/mol. The van der Waals surface area contributed by atoms with Crippen molar-refractivity contribution < 1.29 is 0 Å². The predicted molar refractivity (Wildman–Crippen MR) is 81.0 cm³/mol. The van der Waals surface area contributed by atoms with Crippen LogP contribution in [-0.4, -0.2) is 6.04 Å². The first-order chi connectivity index (χ1) is 9.20. The Kier molecular flexibility index (Phi) is 3.93. The standard InChI is InChI=1S/C18H27N/c1-13-2-4-14(5-3-13)7-9-18(19)12-17-11-15-6-8-16(17)10-15/h2-5,15-18H,6-12,19H2,1H3. The van der Waals surface area contributed by atoms with Crippen molar-refractivity contribution in [2.75, 3.05) is 0 Å². The highest BCUT2D eigenvalue weighted by Gasteiger charge is 2.39. The summed E-state index contributed by atoms with van der Waals surface area (Å²) in [6, 6.07) is 9.32. The fraction of sp³-hybridized carbons (Fsp3) is 0.667. The normalized spacial score (nSPS) is 30.7. The lowest BCUT2D eigenvalue weighted by Gasteiger charge is -2.24. The maximum Gasteiger partial charge on any atom is 0.00447 e. The molecule has 1 aromatic rings. The Morgan fingerprint density at radius 3 is 2.58 bits per heavy atom. The largest absolute Gasteiger partial charge is 0.328 e. The molecule has 1 nitrogen and oxygen atoms in total. The van der Waals surface area contributed by atoms with Gasteiger partial charge in [0.05, 0.1) is 0 Å². The Labute approximate surface area is 117 Å². The van der Waals surface area contributed by atoms with E-state index in [1.165, 1.54) is 43.2 Å². The van der Waals surface area contributed by atoms with E-state index in [1.54, 1.807) is 0 Å². The van der Waals surface area contributed by atoms with Crippen LogP contribution < -0.4 is 5.73 Å². The molecule has 2 aliphatic rings. The van der Waals surface area contributed by atoms with Crippen molar-refractivity contribution in [2.24, 2.45) is 23.5 Å². The Hall–Kier alpha value is -0.820. The fourth-order valence-corrected chi connectivity index (χ4v) is 4.28. The number of hydrogen-bond acceptors (Lipinski definition) is 1. The smallest absolute Gasteiger partial charge is 0.00447 e. The zero-order valence-corrected chi connectivity index (χ0v) is 12.1. The highest BCUT2D eigenvalue weighted by atomic mass is 14.6. The number of hydrogen-bond donors (Lipinski definition) is 1. The Balaban J connectivity index is 1.44. The molecule has 3 rings (SSSR count). The molecule has 104 valence electrons. The molecular formula is C18H27N.